The number of hydrogen-bond donors (Lipinski definition) is 7. The van der Waals surface area contributed by atoms with Crippen LogP contribution in [0.15, 0.2) is 40.0 Å². The molecule has 48 heavy (non-hydrogen) atoms. The van der Waals surface area contributed by atoms with Gasteiger partial charge in [0, 0.05) is 23.3 Å². The molecular formula is C26H29N7O12S3. The maximum atomic E-state index is 13.2. The number of thioether (sulfide) groups is 1. The van der Waals surface area contributed by atoms with E-state index in [9.17, 15) is 47.7 Å². The zero-order chi connectivity index (χ0) is 35.6. The van der Waals surface area contributed by atoms with Crippen LogP contribution in [0.4, 0.5) is 10.8 Å². The highest BCUT2D eigenvalue weighted by atomic mass is 32.2. The highest BCUT2D eigenvalue weighted by molar-refractivity contribution is 8.00. The number of carbonyl (C=O) groups excluding carboxylic acids is 3. The Balaban J connectivity index is 1.46. The second-order valence-electron chi connectivity index (χ2n) is 10.6. The van der Waals surface area contributed by atoms with Crippen LogP contribution in [-0.2, 0) is 38.8 Å². The van der Waals surface area contributed by atoms with Gasteiger partial charge in [0.2, 0.25) is 15.6 Å². The van der Waals surface area contributed by atoms with Crippen molar-refractivity contribution in [3.05, 3.63) is 46.1 Å². The average molecular weight is 728 g/mol. The van der Waals surface area contributed by atoms with Crippen LogP contribution in [0.2, 0.25) is 0 Å². The van der Waals surface area contributed by atoms with Gasteiger partial charge in [0.25, 0.3) is 11.8 Å². The maximum Gasteiger partial charge on any atom is 0.352 e. The van der Waals surface area contributed by atoms with E-state index in [1.54, 1.807) is 0 Å². The van der Waals surface area contributed by atoms with E-state index in [-0.39, 0.29) is 39.9 Å². The summed E-state index contributed by atoms with van der Waals surface area (Å²) >= 11 is 2.04. The first-order valence-electron chi connectivity index (χ1n) is 13.6. The molecule has 2 amide bonds. The van der Waals surface area contributed by atoms with Crippen molar-refractivity contribution < 1.29 is 57.3 Å². The summed E-state index contributed by atoms with van der Waals surface area (Å²) in [5.74, 6) is -6.62. The minimum atomic E-state index is -3.83. The Morgan fingerprint density at radius 2 is 1.94 bits per heavy atom. The number of nitrogens with two attached hydrogens (primary N) is 2. The molecule has 0 radical (unpaired) electrons. The highest BCUT2D eigenvalue weighted by Gasteiger charge is 2.54. The van der Waals surface area contributed by atoms with Crippen molar-refractivity contribution in [1.29, 1.82) is 0 Å². The Hall–Kier alpha value is -4.93. The molecule has 1 aromatic heterocycles. The molecule has 0 aliphatic carbocycles. The summed E-state index contributed by atoms with van der Waals surface area (Å²) in [6.07, 6.45) is 0. The van der Waals surface area contributed by atoms with Gasteiger partial charge in [0.1, 0.15) is 35.2 Å². The number of aromatic hydroxyl groups is 1. The number of fused-ring (bicyclic) bond motifs is 1. The first-order chi connectivity index (χ1) is 22.5. The lowest BCUT2D eigenvalue weighted by Crippen LogP contribution is -2.71. The van der Waals surface area contributed by atoms with Crippen molar-refractivity contribution in [1.82, 2.24) is 15.2 Å². The number of carboxylic acids is 2. The highest BCUT2D eigenvalue weighted by Crippen LogP contribution is 2.40. The van der Waals surface area contributed by atoms with Gasteiger partial charge in [-0.2, -0.15) is 0 Å². The predicted molar refractivity (Wildman–Crippen MR) is 170 cm³/mol. The molecule has 3 heterocycles. The number of ether oxygens (including phenoxy) is 1. The lowest BCUT2D eigenvalue weighted by Gasteiger charge is -2.49. The zero-order valence-electron chi connectivity index (χ0n) is 25.0. The number of phenols is 1. The van der Waals surface area contributed by atoms with Crippen LogP contribution >= 0.6 is 23.1 Å². The number of hydrogen-bond acceptors (Lipinski definition) is 16. The van der Waals surface area contributed by atoms with Gasteiger partial charge < -0.3 is 41.7 Å². The number of aromatic nitrogens is 1. The summed E-state index contributed by atoms with van der Waals surface area (Å²) in [5.41, 5.74) is 7.80. The minimum absolute atomic E-state index is 0.0255. The molecule has 0 saturated carbocycles. The van der Waals surface area contributed by atoms with Gasteiger partial charge in [-0.3, -0.25) is 19.2 Å². The van der Waals surface area contributed by atoms with Crippen LogP contribution in [0, 0.1) is 0 Å². The molecule has 1 aromatic carbocycles. The summed E-state index contributed by atoms with van der Waals surface area (Å²) in [7, 11) is -3.83. The van der Waals surface area contributed by atoms with Gasteiger partial charge in [-0.15, -0.1) is 23.1 Å². The number of rotatable bonds is 14. The number of esters is 1. The molecule has 1 fully saturated rings. The van der Waals surface area contributed by atoms with Crippen molar-refractivity contribution in [3.63, 3.8) is 0 Å². The summed E-state index contributed by atoms with van der Waals surface area (Å²) in [6.45, 7) is 1.68. The Labute approximate surface area is 280 Å². The predicted octanol–water partition coefficient (Wildman–Crippen LogP) is -0.689. The molecule has 2 atom stereocenters. The number of benzene rings is 1. The summed E-state index contributed by atoms with van der Waals surface area (Å²) in [4.78, 5) is 72.7. The van der Waals surface area contributed by atoms with Crippen LogP contribution in [0.1, 0.15) is 29.9 Å². The number of carbonyl (C=O) groups is 5. The molecule has 1 unspecified atom stereocenters. The normalized spacial score (nSPS) is 18.0. The molecule has 0 bridgehead atoms. The Morgan fingerprint density at radius 3 is 2.52 bits per heavy atom. The third kappa shape index (κ3) is 7.78. The van der Waals surface area contributed by atoms with Crippen molar-refractivity contribution in [2.45, 2.75) is 30.9 Å². The molecular weight excluding hydrogens is 699 g/mol. The molecule has 4 rings (SSSR count). The van der Waals surface area contributed by atoms with Crippen LogP contribution in [-0.4, -0.2) is 111 Å². The third-order valence-corrected chi connectivity index (χ3v) is 9.98. The standard InChI is InChI=1S/C26H29N7O12S3/c1-26(2,24(40)41)45-31-16(14-10-47-25(28)29-14)19(35)30-17-20(36)33-18(22(37)38)12(9-46-21(17)33)8-44-23(39)11-3-4-13(15(34)7-11)32-48(42,43)6-5-27/h3-4,7,10,17,21,32,34H,5-6,8-9,27H2,1-2H3,(H2,28,29)(H,30,35)(H,37,38)(H,40,41)/t17?,21-/m0/s1. The van der Waals surface area contributed by atoms with E-state index in [1.165, 1.54) is 25.3 Å². The summed E-state index contributed by atoms with van der Waals surface area (Å²) in [5, 5.41) is 36.1. The van der Waals surface area contributed by atoms with Crippen molar-refractivity contribution in [2.24, 2.45) is 10.9 Å². The number of carboxylic acid groups (broad SMARTS) is 2. The molecule has 1 saturated heterocycles. The smallest absolute Gasteiger partial charge is 0.352 e. The average Bonchev–Trinajstić information content (AvgIpc) is 3.44. The fraction of sp³-hybridized carbons (Fsp3) is 0.346. The monoisotopic (exact) mass is 727 g/mol. The SMILES string of the molecule is CC(C)(ON=C(C(=O)NC1C(=O)N2C(C(=O)O)=C(COC(=O)c3ccc(NS(=O)(=O)CCN)c(O)c3)CS[C@@H]12)c1csc(N)n1)C(=O)O. The van der Waals surface area contributed by atoms with Crippen molar-refractivity contribution >= 4 is 79.4 Å². The van der Waals surface area contributed by atoms with Gasteiger partial charge in [-0.05, 0) is 32.0 Å². The number of nitrogens with one attached hydrogen (secondary N) is 2. The number of sulfonamides is 1. The van der Waals surface area contributed by atoms with Gasteiger partial charge in [-0.25, -0.2) is 27.8 Å². The number of thiazole rings is 1. The zero-order valence-corrected chi connectivity index (χ0v) is 27.5. The van der Waals surface area contributed by atoms with Gasteiger partial charge in [0.15, 0.2) is 10.8 Å². The number of nitrogen functional groups attached to an aromatic ring is 1. The molecule has 2 aliphatic heterocycles. The van der Waals surface area contributed by atoms with E-state index in [4.69, 9.17) is 21.0 Å². The second-order valence-corrected chi connectivity index (χ2v) is 14.4. The fourth-order valence-electron chi connectivity index (χ4n) is 4.16. The molecule has 258 valence electrons. The summed E-state index contributed by atoms with van der Waals surface area (Å²) < 4.78 is 31.2. The molecule has 9 N–H and O–H groups in total. The van der Waals surface area contributed by atoms with Gasteiger partial charge in [0.05, 0.1) is 17.0 Å². The molecule has 22 heteroatoms. The number of phenolic OH excluding ortho intramolecular Hbond substituents is 1. The van der Waals surface area contributed by atoms with E-state index in [0.29, 0.717) is 0 Å². The van der Waals surface area contributed by atoms with Crippen LogP contribution in [0.25, 0.3) is 0 Å². The Morgan fingerprint density at radius 1 is 1.23 bits per heavy atom. The molecule has 2 aromatic rings. The maximum absolute atomic E-state index is 13.2. The van der Waals surface area contributed by atoms with E-state index in [1.807, 2.05) is 0 Å². The van der Waals surface area contributed by atoms with Gasteiger partial charge in [-0.1, -0.05) is 5.16 Å². The minimum Gasteiger partial charge on any atom is -0.506 e. The third-order valence-electron chi connectivity index (χ3n) is 6.66. The quantitative estimate of drug-likeness (QED) is 0.0416. The topological polar surface area (TPSA) is 303 Å². The van der Waals surface area contributed by atoms with Crippen LogP contribution in [0.5, 0.6) is 5.75 Å². The largest absolute Gasteiger partial charge is 0.506 e. The number of aliphatic carboxylic acids is 2. The number of oxime groups is 1. The Bertz CT molecular complexity index is 1840. The lowest BCUT2D eigenvalue weighted by molar-refractivity contribution is -0.161. The van der Waals surface area contributed by atoms with E-state index in [0.717, 1.165) is 40.1 Å². The van der Waals surface area contributed by atoms with Crippen molar-refractivity contribution in [3.8, 4) is 5.75 Å². The second kappa shape index (κ2) is 14.0. The van der Waals surface area contributed by atoms with Gasteiger partial charge >= 0.3 is 17.9 Å². The first-order valence-corrected chi connectivity index (χ1v) is 17.2. The van der Waals surface area contributed by atoms with Crippen LogP contribution < -0.4 is 21.5 Å². The van der Waals surface area contributed by atoms with E-state index in [2.05, 4.69) is 20.2 Å². The first kappa shape index (κ1) is 35.9. The number of amides is 2. The number of nitrogens with zero attached hydrogens (tertiary/aromatic N) is 3. The van der Waals surface area contributed by atoms with Crippen molar-refractivity contribution in [2.75, 3.05) is 35.1 Å². The fourth-order valence-corrected chi connectivity index (χ4v) is 6.95. The van der Waals surface area contributed by atoms with Crippen LogP contribution in [0.3, 0.4) is 0 Å². The Kier molecular flexibility index (Phi) is 10.5. The molecule has 2 aliphatic rings. The van der Waals surface area contributed by atoms with E-state index < -0.39 is 86.3 Å². The molecule has 0 spiro atoms. The molecule has 19 nitrogen and oxygen atoms in total. The summed E-state index contributed by atoms with van der Waals surface area (Å²) in [6, 6.07) is 2.05. The number of β-lactam (4-membered cyclic amide) rings is 1. The number of anilines is 2. The lowest BCUT2D eigenvalue weighted by atomic mass is 10.0. The van der Waals surface area contributed by atoms with E-state index >= 15 is 0 Å².